The molecule has 0 saturated heterocycles. The third kappa shape index (κ3) is 6.12. The third-order valence-electron chi connectivity index (χ3n) is 4.99. The van der Waals surface area contributed by atoms with Gasteiger partial charge in [-0.15, -0.1) is 0 Å². The molecule has 0 unspecified atom stereocenters. The molecular weight excluding hydrogens is 462 g/mol. The molecule has 0 aliphatic rings. The van der Waals surface area contributed by atoms with Gasteiger partial charge in [0.15, 0.2) is 0 Å². The van der Waals surface area contributed by atoms with Crippen LogP contribution in [0.4, 0.5) is 5.69 Å². The van der Waals surface area contributed by atoms with Crippen molar-refractivity contribution in [1.82, 2.24) is 5.43 Å². The number of carbonyl (C=O) groups excluding carboxylic acids is 1. The van der Waals surface area contributed by atoms with E-state index in [2.05, 4.69) is 10.5 Å². The van der Waals surface area contributed by atoms with Gasteiger partial charge in [-0.25, -0.2) is 13.8 Å². The molecule has 7 nitrogen and oxygen atoms in total. The summed E-state index contributed by atoms with van der Waals surface area (Å²) in [6.45, 7) is 3.36. The Kier molecular flexibility index (Phi) is 7.73. The summed E-state index contributed by atoms with van der Waals surface area (Å²) in [5.74, 6) is 0.114. The zero-order valence-corrected chi connectivity index (χ0v) is 20.0. The fraction of sp³-hybridized carbons (Fsp3) is 0.167. The van der Waals surface area contributed by atoms with Gasteiger partial charge < -0.3 is 4.74 Å². The lowest BCUT2D eigenvalue weighted by molar-refractivity contribution is -0.119. The van der Waals surface area contributed by atoms with Crippen LogP contribution in [-0.2, 0) is 14.8 Å². The summed E-state index contributed by atoms with van der Waals surface area (Å²) in [4.78, 5) is 12.7. The number of rotatable bonds is 8. The van der Waals surface area contributed by atoms with Crippen LogP contribution >= 0.6 is 11.6 Å². The molecule has 172 valence electrons. The smallest absolute Gasteiger partial charge is 0.264 e. The van der Waals surface area contributed by atoms with Gasteiger partial charge in [-0.05, 0) is 91.2 Å². The number of nitrogens with zero attached hydrogens (tertiary/aromatic N) is 2. The number of benzene rings is 3. The lowest BCUT2D eigenvalue weighted by Gasteiger charge is -2.24. The second kappa shape index (κ2) is 10.5. The van der Waals surface area contributed by atoms with E-state index in [-0.39, 0.29) is 4.90 Å². The number of methoxy groups -OCH3 is 1. The van der Waals surface area contributed by atoms with E-state index in [9.17, 15) is 13.2 Å². The fourth-order valence-corrected chi connectivity index (χ4v) is 4.50. The molecule has 0 fully saturated rings. The Balaban J connectivity index is 1.84. The molecule has 0 aliphatic heterocycles. The molecule has 0 heterocycles. The van der Waals surface area contributed by atoms with Crippen LogP contribution in [0.25, 0.3) is 0 Å². The van der Waals surface area contributed by atoms with Crippen LogP contribution < -0.4 is 14.5 Å². The van der Waals surface area contributed by atoms with Gasteiger partial charge >= 0.3 is 0 Å². The first-order valence-electron chi connectivity index (χ1n) is 10.0. The SMILES string of the molecule is COc1ccc(/C=N\NC(=O)CN(c2ccc(C)c(C)c2)S(=O)(=O)c2ccc(Cl)cc2)cc1. The predicted octanol–water partition coefficient (Wildman–Crippen LogP) is 4.31. The highest BCUT2D eigenvalue weighted by atomic mass is 35.5. The molecule has 9 heteroatoms. The molecule has 0 atom stereocenters. The summed E-state index contributed by atoms with van der Waals surface area (Å²) in [5.41, 5.74) is 5.43. The van der Waals surface area contributed by atoms with Crippen molar-refractivity contribution in [3.05, 3.63) is 88.4 Å². The van der Waals surface area contributed by atoms with Gasteiger partial charge in [0.1, 0.15) is 12.3 Å². The molecule has 0 aromatic heterocycles. The summed E-state index contributed by atoms with van der Waals surface area (Å²) in [6.07, 6.45) is 1.46. The number of amides is 1. The van der Waals surface area contributed by atoms with E-state index in [1.54, 1.807) is 43.5 Å². The first kappa shape index (κ1) is 24.3. The summed E-state index contributed by atoms with van der Waals surface area (Å²) in [7, 11) is -2.46. The largest absolute Gasteiger partial charge is 0.497 e. The van der Waals surface area contributed by atoms with Crippen LogP contribution in [0.3, 0.4) is 0 Å². The molecule has 0 radical (unpaired) electrons. The number of nitrogens with one attached hydrogen (secondary N) is 1. The Morgan fingerprint density at radius 3 is 2.30 bits per heavy atom. The summed E-state index contributed by atoms with van der Waals surface area (Å²) < 4.78 is 32.9. The fourth-order valence-electron chi connectivity index (χ4n) is 2.96. The number of ether oxygens (including phenoxy) is 1. The normalized spacial score (nSPS) is 11.4. The standard InChI is InChI=1S/C24H24ClN3O4S/c1-17-4-9-21(14-18(17)2)28(33(30,31)23-12-7-20(25)8-13-23)16-24(29)27-26-15-19-5-10-22(32-3)11-6-19/h4-15H,16H2,1-3H3,(H,27,29)/b26-15-. The van der Waals surface area contributed by atoms with Crippen LogP contribution in [0.15, 0.2) is 76.7 Å². The summed E-state index contributed by atoms with van der Waals surface area (Å²) in [5, 5.41) is 4.35. The number of hydrogen-bond acceptors (Lipinski definition) is 5. The average Bonchev–Trinajstić information content (AvgIpc) is 2.80. The van der Waals surface area contributed by atoms with Gasteiger partial charge in [-0.1, -0.05) is 17.7 Å². The Labute approximate surface area is 198 Å². The van der Waals surface area contributed by atoms with E-state index in [1.165, 1.54) is 30.5 Å². The highest BCUT2D eigenvalue weighted by molar-refractivity contribution is 7.92. The maximum absolute atomic E-state index is 13.4. The predicted molar refractivity (Wildman–Crippen MR) is 131 cm³/mol. The topological polar surface area (TPSA) is 88.1 Å². The van der Waals surface area contributed by atoms with Crippen molar-refractivity contribution in [1.29, 1.82) is 0 Å². The number of hydrogen-bond donors (Lipinski definition) is 1. The molecule has 0 bridgehead atoms. The van der Waals surface area contributed by atoms with Gasteiger partial charge in [-0.2, -0.15) is 5.10 Å². The molecule has 0 aliphatic carbocycles. The molecule has 3 aromatic rings. The maximum Gasteiger partial charge on any atom is 0.264 e. The third-order valence-corrected chi connectivity index (χ3v) is 7.03. The molecule has 1 N–H and O–H groups in total. The zero-order valence-electron chi connectivity index (χ0n) is 18.4. The van der Waals surface area contributed by atoms with Crippen LogP contribution in [0, 0.1) is 13.8 Å². The Bertz CT molecular complexity index is 1260. The van der Waals surface area contributed by atoms with E-state index in [4.69, 9.17) is 16.3 Å². The van der Waals surface area contributed by atoms with Crippen molar-refractivity contribution in [2.24, 2.45) is 5.10 Å². The molecule has 1 amide bonds. The summed E-state index contributed by atoms with van der Waals surface area (Å²) >= 11 is 5.91. The van der Waals surface area contributed by atoms with Gasteiger partial charge in [0.2, 0.25) is 0 Å². The van der Waals surface area contributed by atoms with E-state index >= 15 is 0 Å². The second-order valence-corrected chi connectivity index (χ2v) is 9.60. The van der Waals surface area contributed by atoms with Crippen molar-refractivity contribution in [3.8, 4) is 5.75 Å². The first-order chi connectivity index (χ1) is 15.7. The van der Waals surface area contributed by atoms with Crippen LogP contribution in [0.5, 0.6) is 5.75 Å². The highest BCUT2D eigenvalue weighted by Gasteiger charge is 2.27. The van der Waals surface area contributed by atoms with Gasteiger partial charge in [0, 0.05) is 5.02 Å². The van der Waals surface area contributed by atoms with Crippen molar-refractivity contribution >= 4 is 39.4 Å². The summed E-state index contributed by atoms with van der Waals surface area (Å²) in [6, 6.07) is 18.1. The zero-order chi connectivity index (χ0) is 24.0. The molecule has 3 rings (SSSR count). The quantitative estimate of drug-likeness (QED) is 0.380. The van der Waals surface area contributed by atoms with Crippen molar-refractivity contribution in [3.63, 3.8) is 0 Å². The number of anilines is 1. The van der Waals surface area contributed by atoms with Crippen molar-refractivity contribution < 1.29 is 17.9 Å². The van der Waals surface area contributed by atoms with Crippen molar-refractivity contribution in [2.45, 2.75) is 18.7 Å². The van der Waals surface area contributed by atoms with Gasteiger partial charge in [0.05, 0.1) is 23.9 Å². The molecule has 3 aromatic carbocycles. The lowest BCUT2D eigenvalue weighted by atomic mass is 10.1. The number of sulfonamides is 1. The number of aryl methyl sites for hydroxylation is 2. The van der Waals surface area contributed by atoms with E-state index < -0.39 is 22.5 Å². The van der Waals surface area contributed by atoms with Crippen LogP contribution in [0.2, 0.25) is 5.02 Å². The maximum atomic E-state index is 13.4. The monoisotopic (exact) mass is 485 g/mol. The lowest BCUT2D eigenvalue weighted by Crippen LogP contribution is -2.39. The number of hydrazone groups is 1. The average molecular weight is 486 g/mol. The van der Waals surface area contributed by atoms with Crippen molar-refractivity contribution in [2.75, 3.05) is 18.0 Å². The molecule has 33 heavy (non-hydrogen) atoms. The van der Waals surface area contributed by atoms with E-state index in [0.717, 1.165) is 21.0 Å². The molecule has 0 saturated carbocycles. The highest BCUT2D eigenvalue weighted by Crippen LogP contribution is 2.26. The second-order valence-electron chi connectivity index (χ2n) is 7.30. The minimum atomic E-state index is -4.03. The van der Waals surface area contributed by atoms with Gasteiger partial charge in [-0.3, -0.25) is 9.10 Å². The Morgan fingerprint density at radius 2 is 1.70 bits per heavy atom. The van der Waals surface area contributed by atoms with E-state index in [0.29, 0.717) is 16.5 Å². The first-order valence-corrected chi connectivity index (χ1v) is 11.8. The molecule has 0 spiro atoms. The Morgan fingerprint density at radius 1 is 1.03 bits per heavy atom. The van der Waals surface area contributed by atoms with Crippen LogP contribution in [0.1, 0.15) is 16.7 Å². The van der Waals surface area contributed by atoms with Crippen LogP contribution in [-0.4, -0.2) is 34.2 Å². The number of carbonyl (C=O) groups is 1. The van der Waals surface area contributed by atoms with Gasteiger partial charge in [0.25, 0.3) is 15.9 Å². The minimum absolute atomic E-state index is 0.0275. The molecular formula is C24H24ClN3O4S. The Hall–Kier alpha value is -3.36. The minimum Gasteiger partial charge on any atom is -0.497 e. The van der Waals surface area contributed by atoms with E-state index in [1.807, 2.05) is 19.9 Å². The number of halogens is 1.